The molecule has 0 heterocycles. The highest BCUT2D eigenvalue weighted by Gasteiger charge is 2.59. The van der Waals surface area contributed by atoms with Crippen LogP contribution in [-0.2, 0) is 9.53 Å². The van der Waals surface area contributed by atoms with Crippen molar-refractivity contribution in [1.29, 1.82) is 0 Å². The highest BCUT2D eigenvalue weighted by molar-refractivity contribution is 5.82. The Morgan fingerprint density at radius 1 is 1.00 bits per heavy atom. The normalized spacial score (nSPS) is 39.0. The first-order valence-electron chi connectivity index (χ1n) is 15.6. The van der Waals surface area contributed by atoms with Gasteiger partial charge in [0.25, 0.3) is 0 Å². The van der Waals surface area contributed by atoms with Crippen LogP contribution < -0.4 is 0 Å². The molecule has 0 radical (unpaired) electrons. The van der Waals surface area contributed by atoms with E-state index in [-0.39, 0.29) is 12.1 Å². The first kappa shape index (κ1) is 28.0. The van der Waals surface area contributed by atoms with E-state index in [9.17, 15) is 4.79 Å². The van der Waals surface area contributed by atoms with Crippen molar-refractivity contribution >= 4 is 5.97 Å². The van der Waals surface area contributed by atoms with Gasteiger partial charge in [-0.3, -0.25) is 0 Å². The number of esters is 1. The summed E-state index contributed by atoms with van der Waals surface area (Å²) in [5.41, 5.74) is 2.48. The molecule has 4 aliphatic carbocycles. The van der Waals surface area contributed by atoms with Gasteiger partial charge in [0.2, 0.25) is 0 Å². The minimum absolute atomic E-state index is 0.0634. The lowest BCUT2D eigenvalue weighted by molar-refractivity contribution is -0.145. The van der Waals surface area contributed by atoms with Crippen molar-refractivity contribution in [2.75, 3.05) is 0 Å². The van der Waals surface area contributed by atoms with Gasteiger partial charge in [-0.05, 0) is 104 Å². The zero-order chi connectivity index (χ0) is 26.1. The molecule has 0 N–H and O–H groups in total. The second-order valence-electron chi connectivity index (χ2n) is 14.6. The quantitative estimate of drug-likeness (QED) is 0.180. The summed E-state index contributed by atoms with van der Waals surface area (Å²) < 4.78 is 5.91. The lowest BCUT2D eigenvalue weighted by Gasteiger charge is -2.58. The number of fused-ring (bicyclic) bond motifs is 5. The van der Waals surface area contributed by atoms with E-state index < -0.39 is 0 Å². The number of carbonyl (C=O) groups is 1. The second-order valence-corrected chi connectivity index (χ2v) is 14.6. The van der Waals surface area contributed by atoms with Crippen molar-refractivity contribution in [1.82, 2.24) is 0 Å². The van der Waals surface area contributed by atoms with Crippen molar-refractivity contribution in [2.45, 2.75) is 132 Å². The summed E-state index contributed by atoms with van der Waals surface area (Å²) in [5, 5.41) is 0. The van der Waals surface area contributed by atoms with E-state index in [0.29, 0.717) is 16.7 Å². The fraction of sp³-hybridized carbons (Fsp3) is 0.853. The molecular formula is C34H56O2. The molecule has 0 bridgehead atoms. The van der Waals surface area contributed by atoms with E-state index in [2.05, 4.69) is 54.5 Å². The molecule has 3 saturated carbocycles. The van der Waals surface area contributed by atoms with E-state index in [4.69, 9.17) is 4.74 Å². The van der Waals surface area contributed by atoms with Gasteiger partial charge < -0.3 is 4.74 Å². The average molecular weight is 497 g/mol. The van der Waals surface area contributed by atoms with Crippen molar-refractivity contribution in [2.24, 2.45) is 52.3 Å². The molecule has 36 heavy (non-hydrogen) atoms. The molecule has 8 atom stereocenters. The Hall–Kier alpha value is -1.05. The van der Waals surface area contributed by atoms with Gasteiger partial charge in [-0.1, -0.05) is 85.5 Å². The van der Waals surface area contributed by atoms with E-state index in [1.807, 2.05) is 6.08 Å². The molecule has 4 rings (SSSR count). The molecule has 2 nitrogen and oxygen atoms in total. The van der Waals surface area contributed by atoms with Crippen molar-refractivity contribution < 1.29 is 9.53 Å². The minimum atomic E-state index is -0.147. The maximum atomic E-state index is 12.4. The summed E-state index contributed by atoms with van der Waals surface area (Å²) in [6.45, 7) is 16.9. The third kappa shape index (κ3) is 5.68. The molecule has 0 aliphatic heterocycles. The van der Waals surface area contributed by atoms with Gasteiger partial charge in [-0.15, -0.1) is 0 Å². The van der Waals surface area contributed by atoms with E-state index in [1.54, 1.807) is 11.6 Å². The van der Waals surface area contributed by atoms with Crippen LogP contribution in [-0.4, -0.2) is 12.1 Å². The standard InChI is InChI=1S/C34H56O2/c1-23(2)10-8-12-25(5)29-16-17-30-28-15-14-26-22-27(36-32(35)13-9-11-24(3)4)18-20-33(26,6)31(28)19-21-34(29,30)7/h9,13-14,23-25,27-31H,8,10-12,15-22H2,1-7H3/b13-9+/t25-,27+,28+,29-,30+,31+,33+,34-/m1/s1. The van der Waals surface area contributed by atoms with Crippen LogP contribution in [0.2, 0.25) is 0 Å². The zero-order valence-electron chi connectivity index (χ0n) is 24.7. The third-order valence-corrected chi connectivity index (χ3v) is 11.4. The first-order chi connectivity index (χ1) is 17.0. The molecular weight excluding hydrogens is 440 g/mol. The van der Waals surface area contributed by atoms with Crippen LogP contribution in [0.15, 0.2) is 23.8 Å². The zero-order valence-corrected chi connectivity index (χ0v) is 24.7. The van der Waals surface area contributed by atoms with Gasteiger partial charge in [0, 0.05) is 12.5 Å². The molecule has 0 aromatic heterocycles. The summed E-state index contributed by atoms with van der Waals surface area (Å²) >= 11 is 0. The topological polar surface area (TPSA) is 26.3 Å². The summed E-state index contributed by atoms with van der Waals surface area (Å²) in [7, 11) is 0. The largest absolute Gasteiger partial charge is 0.459 e. The van der Waals surface area contributed by atoms with Crippen molar-refractivity contribution in [3.05, 3.63) is 23.8 Å². The van der Waals surface area contributed by atoms with Crippen LogP contribution in [0.3, 0.4) is 0 Å². The Labute approximate surface area is 223 Å². The van der Waals surface area contributed by atoms with Gasteiger partial charge in [-0.25, -0.2) is 4.79 Å². The summed E-state index contributed by atoms with van der Waals surface area (Å²) in [6, 6.07) is 0. The maximum Gasteiger partial charge on any atom is 0.330 e. The van der Waals surface area contributed by atoms with Crippen LogP contribution in [0.5, 0.6) is 0 Å². The van der Waals surface area contributed by atoms with Crippen LogP contribution in [0.25, 0.3) is 0 Å². The van der Waals surface area contributed by atoms with E-state index >= 15 is 0 Å². The van der Waals surface area contributed by atoms with Crippen LogP contribution in [0, 0.1) is 52.3 Å². The van der Waals surface area contributed by atoms with E-state index in [0.717, 1.165) is 54.8 Å². The second kappa shape index (κ2) is 11.4. The smallest absolute Gasteiger partial charge is 0.330 e. The van der Waals surface area contributed by atoms with Crippen LogP contribution in [0.4, 0.5) is 0 Å². The summed E-state index contributed by atoms with van der Waals surface area (Å²) in [6.07, 6.45) is 21.6. The number of hydrogen-bond donors (Lipinski definition) is 0. The summed E-state index contributed by atoms with van der Waals surface area (Å²) in [5.74, 6) is 5.66. The molecule has 4 aliphatic rings. The Morgan fingerprint density at radius 2 is 1.78 bits per heavy atom. The third-order valence-electron chi connectivity index (χ3n) is 11.4. The number of ether oxygens (including phenoxy) is 1. The van der Waals surface area contributed by atoms with Crippen LogP contribution in [0.1, 0.15) is 126 Å². The SMILES string of the molecule is CC(C)C/C=C/C(=O)O[C@H]1CC[C@@]2(C)C(=CC[C@H]3[C@@H]4CC[C@H]([C@H](C)CCCC(C)C)[C@@]4(C)CC[C@@H]32)C1. The Bertz CT molecular complexity index is 821. The number of allylic oxidation sites excluding steroid dienone is 2. The van der Waals surface area contributed by atoms with Gasteiger partial charge in [0.05, 0.1) is 0 Å². The number of carbonyl (C=O) groups excluding carboxylic acids is 1. The monoisotopic (exact) mass is 496 g/mol. The van der Waals surface area contributed by atoms with Crippen LogP contribution >= 0.6 is 0 Å². The predicted octanol–water partition coefficient (Wildman–Crippen LogP) is 9.54. The Balaban J connectivity index is 1.39. The number of rotatable bonds is 9. The molecule has 0 saturated heterocycles. The molecule has 0 amide bonds. The lowest BCUT2D eigenvalue weighted by atomic mass is 9.47. The van der Waals surface area contributed by atoms with E-state index in [1.165, 1.54) is 57.8 Å². The highest BCUT2D eigenvalue weighted by atomic mass is 16.5. The highest BCUT2D eigenvalue weighted by Crippen LogP contribution is 2.67. The van der Waals surface area contributed by atoms with Gasteiger partial charge in [0.1, 0.15) is 6.10 Å². The first-order valence-corrected chi connectivity index (χ1v) is 15.6. The summed E-state index contributed by atoms with van der Waals surface area (Å²) in [4.78, 5) is 12.4. The molecule has 0 aromatic rings. The molecule has 0 spiro atoms. The number of hydrogen-bond acceptors (Lipinski definition) is 2. The Kier molecular flexibility index (Phi) is 8.83. The molecule has 0 unspecified atom stereocenters. The van der Waals surface area contributed by atoms with Gasteiger partial charge in [0.15, 0.2) is 0 Å². The maximum absolute atomic E-state index is 12.4. The fourth-order valence-electron chi connectivity index (χ4n) is 9.39. The van der Waals surface area contributed by atoms with Gasteiger partial charge in [-0.2, -0.15) is 0 Å². The fourth-order valence-corrected chi connectivity index (χ4v) is 9.39. The molecule has 3 fully saturated rings. The molecule has 0 aromatic carbocycles. The minimum Gasteiger partial charge on any atom is -0.459 e. The van der Waals surface area contributed by atoms with Crippen molar-refractivity contribution in [3.8, 4) is 0 Å². The molecule has 204 valence electrons. The Morgan fingerprint density at radius 3 is 2.50 bits per heavy atom. The average Bonchev–Trinajstić information content (AvgIpc) is 3.16. The lowest BCUT2D eigenvalue weighted by Crippen LogP contribution is -2.51. The van der Waals surface area contributed by atoms with Crippen molar-refractivity contribution in [3.63, 3.8) is 0 Å². The molecule has 2 heteroatoms. The van der Waals surface area contributed by atoms with Gasteiger partial charge >= 0.3 is 5.97 Å². The predicted molar refractivity (Wildman–Crippen MR) is 152 cm³/mol.